The molecule has 0 saturated carbocycles. The fourth-order valence-electron chi connectivity index (χ4n) is 2.88. The number of rotatable bonds is 4. The maximum absolute atomic E-state index is 11.1. The first kappa shape index (κ1) is 14.6. The zero-order valence-corrected chi connectivity index (χ0v) is 12.6. The summed E-state index contributed by atoms with van der Waals surface area (Å²) in [4.78, 5) is 13.6. The first-order valence-electron chi connectivity index (χ1n) is 7.66. The average molecular weight is 295 g/mol. The topological polar surface area (TPSA) is 58.4 Å². The third kappa shape index (κ3) is 3.28. The molecule has 1 aliphatic heterocycles. The Hall–Kier alpha value is -2.33. The molecule has 0 radical (unpaired) electrons. The van der Waals surface area contributed by atoms with E-state index in [0.29, 0.717) is 5.56 Å². The molecule has 1 saturated heterocycles. The third-order valence-corrected chi connectivity index (χ3v) is 4.08. The predicted octanol–water partition coefficient (Wildman–Crippen LogP) is 1.79. The summed E-state index contributed by atoms with van der Waals surface area (Å²) in [5.74, 6) is -0.382. The molecule has 2 aromatic carbocycles. The van der Waals surface area contributed by atoms with Crippen LogP contribution >= 0.6 is 0 Å². The van der Waals surface area contributed by atoms with Gasteiger partial charge >= 0.3 is 0 Å². The number of hydrogen-bond donors (Lipinski definition) is 2. The maximum Gasteiger partial charge on any atom is 0.248 e. The minimum atomic E-state index is -0.382. The number of nitrogens with zero attached hydrogens (tertiary/aromatic N) is 1. The van der Waals surface area contributed by atoms with Crippen molar-refractivity contribution < 1.29 is 4.79 Å². The molecule has 1 heterocycles. The minimum absolute atomic E-state index is 0.382. The molecule has 114 valence electrons. The van der Waals surface area contributed by atoms with E-state index in [4.69, 9.17) is 5.73 Å². The van der Waals surface area contributed by atoms with Gasteiger partial charge in [0, 0.05) is 37.4 Å². The van der Waals surface area contributed by atoms with Crippen molar-refractivity contribution in [1.29, 1.82) is 0 Å². The van der Waals surface area contributed by atoms with E-state index < -0.39 is 0 Å². The van der Waals surface area contributed by atoms with E-state index in [2.05, 4.69) is 34.5 Å². The molecule has 0 aliphatic carbocycles. The molecule has 0 aromatic heterocycles. The van der Waals surface area contributed by atoms with Crippen LogP contribution in [0.1, 0.15) is 21.5 Å². The van der Waals surface area contributed by atoms with E-state index in [9.17, 15) is 4.79 Å². The summed E-state index contributed by atoms with van der Waals surface area (Å²) in [7, 11) is 0. The molecule has 1 aliphatic rings. The molecule has 0 spiro atoms. The average Bonchev–Trinajstić information content (AvgIpc) is 2.57. The van der Waals surface area contributed by atoms with Crippen LogP contribution in [0.2, 0.25) is 0 Å². The van der Waals surface area contributed by atoms with Crippen LogP contribution in [0.4, 0.5) is 5.69 Å². The Morgan fingerprint density at radius 3 is 2.41 bits per heavy atom. The number of benzene rings is 2. The first-order chi connectivity index (χ1) is 10.7. The lowest BCUT2D eigenvalue weighted by Crippen LogP contribution is -2.43. The molecular formula is C18H21N3O. The highest BCUT2D eigenvalue weighted by Gasteiger charge is 2.13. The van der Waals surface area contributed by atoms with Crippen molar-refractivity contribution in [3.8, 4) is 0 Å². The Labute approximate surface area is 130 Å². The highest BCUT2D eigenvalue weighted by molar-refractivity contribution is 5.92. The van der Waals surface area contributed by atoms with Crippen LogP contribution in [0, 0.1) is 0 Å². The molecule has 4 nitrogen and oxygen atoms in total. The normalized spacial score (nSPS) is 14.8. The molecule has 3 N–H and O–H groups in total. The summed E-state index contributed by atoms with van der Waals surface area (Å²) >= 11 is 0. The highest BCUT2D eigenvalue weighted by Crippen LogP contribution is 2.23. The number of amides is 1. The van der Waals surface area contributed by atoms with Gasteiger partial charge in [-0.3, -0.25) is 4.79 Å². The van der Waals surface area contributed by atoms with Crippen LogP contribution in [-0.4, -0.2) is 32.1 Å². The predicted molar refractivity (Wildman–Crippen MR) is 89.3 cm³/mol. The number of carbonyl (C=O) groups is 1. The summed E-state index contributed by atoms with van der Waals surface area (Å²) in [5, 5.41) is 3.39. The van der Waals surface area contributed by atoms with Crippen LogP contribution in [0.3, 0.4) is 0 Å². The van der Waals surface area contributed by atoms with Gasteiger partial charge in [-0.2, -0.15) is 0 Å². The lowest BCUT2D eigenvalue weighted by atomic mass is 10.0. The molecule has 4 heteroatoms. The largest absolute Gasteiger partial charge is 0.369 e. The van der Waals surface area contributed by atoms with E-state index in [1.807, 2.05) is 12.1 Å². The molecule has 3 rings (SSSR count). The first-order valence-corrected chi connectivity index (χ1v) is 7.66. The van der Waals surface area contributed by atoms with Gasteiger partial charge in [-0.15, -0.1) is 0 Å². The highest BCUT2D eigenvalue weighted by atomic mass is 16.1. The monoisotopic (exact) mass is 295 g/mol. The molecule has 1 amide bonds. The number of hydrogen-bond acceptors (Lipinski definition) is 3. The van der Waals surface area contributed by atoms with E-state index in [-0.39, 0.29) is 5.91 Å². The molecular weight excluding hydrogens is 274 g/mol. The van der Waals surface area contributed by atoms with Crippen molar-refractivity contribution >= 4 is 11.6 Å². The van der Waals surface area contributed by atoms with E-state index >= 15 is 0 Å². The molecule has 22 heavy (non-hydrogen) atoms. The SMILES string of the molecule is NC(=O)c1ccc(Cc2ccccc2N2CCNCC2)cc1. The number of nitrogens with two attached hydrogens (primary N) is 1. The van der Waals surface area contributed by atoms with Crippen LogP contribution in [-0.2, 0) is 6.42 Å². The van der Waals surface area contributed by atoms with Crippen molar-refractivity contribution in [2.24, 2.45) is 5.73 Å². The van der Waals surface area contributed by atoms with Gasteiger partial charge in [0.15, 0.2) is 0 Å². The Morgan fingerprint density at radius 2 is 1.73 bits per heavy atom. The third-order valence-electron chi connectivity index (χ3n) is 4.08. The Kier molecular flexibility index (Phi) is 4.39. The Balaban J connectivity index is 1.81. The maximum atomic E-state index is 11.1. The molecule has 0 atom stereocenters. The van der Waals surface area contributed by atoms with Crippen molar-refractivity contribution in [1.82, 2.24) is 5.32 Å². The molecule has 0 bridgehead atoms. The van der Waals surface area contributed by atoms with Crippen molar-refractivity contribution in [3.63, 3.8) is 0 Å². The summed E-state index contributed by atoms with van der Waals surface area (Å²) in [5.41, 5.74) is 9.65. The van der Waals surface area contributed by atoms with E-state index in [1.165, 1.54) is 16.8 Å². The number of piperazine rings is 1. The fourth-order valence-corrected chi connectivity index (χ4v) is 2.88. The lowest BCUT2D eigenvalue weighted by Gasteiger charge is -2.31. The second kappa shape index (κ2) is 6.62. The van der Waals surface area contributed by atoms with Crippen molar-refractivity contribution in [2.75, 3.05) is 31.1 Å². The summed E-state index contributed by atoms with van der Waals surface area (Å²) in [6, 6.07) is 16.1. The van der Waals surface area contributed by atoms with Gasteiger partial charge in [0.2, 0.25) is 5.91 Å². The van der Waals surface area contributed by atoms with Crippen LogP contribution in [0.5, 0.6) is 0 Å². The van der Waals surface area contributed by atoms with Gasteiger partial charge in [0.05, 0.1) is 0 Å². The number of anilines is 1. The van der Waals surface area contributed by atoms with Gasteiger partial charge in [0.25, 0.3) is 0 Å². The summed E-state index contributed by atoms with van der Waals surface area (Å²) < 4.78 is 0. The standard InChI is InChI=1S/C18H21N3O/c19-18(22)15-7-5-14(6-8-15)13-16-3-1-2-4-17(16)21-11-9-20-10-12-21/h1-8,20H,9-13H2,(H2,19,22). The van der Waals surface area contributed by atoms with Crippen molar-refractivity contribution in [3.05, 3.63) is 65.2 Å². The van der Waals surface area contributed by atoms with E-state index in [1.54, 1.807) is 12.1 Å². The van der Waals surface area contributed by atoms with Gasteiger partial charge in [0.1, 0.15) is 0 Å². The second-order valence-electron chi connectivity index (χ2n) is 5.60. The zero-order valence-electron chi connectivity index (χ0n) is 12.6. The second-order valence-corrected chi connectivity index (χ2v) is 5.60. The van der Waals surface area contributed by atoms with Gasteiger partial charge < -0.3 is 16.0 Å². The molecule has 2 aromatic rings. The Bertz CT molecular complexity index is 646. The summed E-state index contributed by atoms with van der Waals surface area (Å²) in [6.07, 6.45) is 0.860. The van der Waals surface area contributed by atoms with Crippen LogP contribution in [0.25, 0.3) is 0 Å². The van der Waals surface area contributed by atoms with Crippen LogP contribution in [0.15, 0.2) is 48.5 Å². The fraction of sp³-hybridized carbons (Fsp3) is 0.278. The van der Waals surface area contributed by atoms with Gasteiger partial charge in [-0.1, -0.05) is 30.3 Å². The van der Waals surface area contributed by atoms with Crippen molar-refractivity contribution in [2.45, 2.75) is 6.42 Å². The number of para-hydroxylation sites is 1. The number of nitrogens with one attached hydrogen (secondary N) is 1. The van der Waals surface area contributed by atoms with Gasteiger partial charge in [-0.05, 0) is 35.7 Å². The smallest absolute Gasteiger partial charge is 0.248 e. The number of primary amides is 1. The quantitative estimate of drug-likeness (QED) is 0.904. The molecule has 1 fully saturated rings. The lowest BCUT2D eigenvalue weighted by molar-refractivity contribution is 0.100. The van der Waals surface area contributed by atoms with Crippen LogP contribution < -0.4 is 16.0 Å². The number of carbonyl (C=O) groups excluding carboxylic acids is 1. The zero-order chi connectivity index (χ0) is 15.4. The molecule has 0 unspecified atom stereocenters. The summed E-state index contributed by atoms with van der Waals surface area (Å²) in [6.45, 7) is 4.14. The van der Waals surface area contributed by atoms with Gasteiger partial charge in [-0.25, -0.2) is 0 Å². The Morgan fingerprint density at radius 1 is 1.05 bits per heavy atom. The minimum Gasteiger partial charge on any atom is -0.369 e. The van der Waals surface area contributed by atoms with E-state index in [0.717, 1.165) is 32.6 Å².